The lowest BCUT2D eigenvalue weighted by atomic mass is 10.2. The molecule has 0 radical (unpaired) electrons. The summed E-state index contributed by atoms with van der Waals surface area (Å²) < 4.78 is 29.5. The van der Waals surface area contributed by atoms with Crippen LogP contribution in [-0.4, -0.2) is 14.2 Å². The van der Waals surface area contributed by atoms with Gasteiger partial charge >= 0.3 is 0 Å². The van der Waals surface area contributed by atoms with Crippen molar-refractivity contribution in [3.05, 3.63) is 53.3 Å². The molecule has 2 rings (SSSR count). The second kappa shape index (κ2) is 6.28. The summed E-state index contributed by atoms with van der Waals surface area (Å²) in [5.74, 6) is 1.16. The van der Waals surface area contributed by atoms with Crippen LogP contribution in [0.4, 0.5) is 4.39 Å². The van der Waals surface area contributed by atoms with Crippen molar-refractivity contribution in [3.8, 4) is 17.2 Å². The molecule has 0 fully saturated rings. The summed E-state index contributed by atoms with van der Waals surface area (Å²) in [6.45, 7) is 2.16. The van der Waals surface area contributed by atoms with E-state index in [0.717, 1.165) is 11.1 Å². The summed E-state index contributed by atoms with van der Waals surface area (Å²) in [5, 5.41) is 0. The number of hydrogen-bond donors (Lipinski definition) is 0. The highest BCUT2D eigenvalue weighted by Crippen LogP contribution is 2.28. The van der Waals surface area contributed by atoms with Gasteiger partial charge in [-0.05, 0) is 42.3 Å². The van der Waals surface area contributed by atoms with Crippen molar-refractivity contribution in [1.82, 2.24) is 0 Å². The fraction of sp³-hybridized carbons (Fsp3) is 0.250. The highest BCUT2D eigenvalue weighted by Gasteiger charge is 2.07. The SMILES string of the molecule is COc1ccc(COc2cc(C)ccc2F)cc1OC. The molecule has 3 nitrogen and oxygen atoms in total. The minimum atomic E-state index is -0.365. The Balaban J connectivity index is 2.12. The molecule has 4 heteroatoms. The number of methoxy groups -OCH3 is 2. The Morgan fingerprint density at radius 2 is 1.65 bits per heavy atom. The molecule has 2 aromatic rings. The summed E-state index contributed by atoms with van der Waals surface area (Å²) in [5.41, 5.74) is 1.83. The number of rotatable bonds is 5. The Morgan fingerprint density at radius 3 is 2.35 bits per heavy atom. The second-order valence-corrected chi connectivity index (χ2v) is 4.41. The van der Waals surface area contributed by atoms with Gasteiger partial charge in [0.05, 0.1) is 14.2 Å². The summed E-state index contributed by atoms with van der Waals surface area (Å²) in [4.78, 5) is 0. The van der Waals surface area contributed by atoms with E-state index >= 15 is 0 Å². The normalized spacial score (nSPS) is 10.2. The van der Waals surface area contributed by atoms with Gasteiger partial charge in [0, 0.05) is 0 Å². The van der Waals surface area contributed by atoms with Gasteiger partial charge in [0.25, 0.3) is 0 Å². The minimum absolute atomic E-state index is 0.250. The third-order valence-corrected chi connectivity index (χ3v) is 2.93. The third kappa shape index (κ3) is 3.20. The molecule has 0 aliphatic rings. The first-order chi connectivity index (χ1) is 9.63. The zero-order valence-electron chi connectivity index (χ0n) is 11.8. The number of aryl methyl sites for hydroxylation is 1. The zero-order chi connectivity index (χ0) is 14.5. The molecule has 0 saturated heterocycles. The molecule has 0 unspecified atom stereocenters. The van der Waals surface area contributed by atoms with Crippen molar-refractivity contribution in [2.75, 3.05) is 14.2 Å². The first kappa shape index (κ1) is 14.2. The van der Waals surface area contributed by atoms with E-state index in [1.165, 1.54) is 6.07 Å². The smallest absolute Gasteiger partial charge is 0.165 e. The van der Waals surface area contributed by atoms with E-state index in [4.69, 9.17) is 14.2 Å². The number of ether oxygens (including phenoxy) is 3. The highest BCUT2D eigenvalue weighted by molar-refractivity contribution is 5.43. The second-order valence-electron chi connectivity index (χ2n) is 4.41. The summed E-state index contributed by atoms with van der Waals surface area (Å²) >= 11 is 0. The molecule has 0 spiro atoms. The van der Waals surface area contributed by atoms with Crippen LogP contribution in [-0.2, 0) is 6.61 Å². The quantitative estimate of drug-likeness (QED) is 0.832. The molecule has 0 N–H and O–H groups in total. The molecule has 0 saturated carbocycles. The van der Waals surface area contributed by atoms with Crippen molar-refractivity contribution in [3.63, 3.8) is 0 Å². The standard InChI is InChI=1S/C16H17FO3/c1-11-4-6-13(17)15(8-11)20-10-12-5-7-14(18-2)16(9-12)19-3/h4-9H,10H2,1-3H3. The maximum Gasteiger partial charge on any atom is 0.165 e. The predicted molar refractivity (Wildman–Crippen MR) is 75.0 cm³/mol. The van der Waals surface area contributed by atoms with Gasteiger partial charge < -0.3 is 14.2 Å². The van der Waals surface area contributed by atoms with Gasteiger partial charge in [0.2, 0.25) is 0 Å². The van der Waals surface area contributed by atoms with Crippen molar-refractivity contribution < 1.29 is 18.6 Å². The molecule has 0 atom stereocenters. The van der Waals surface area contributed by atoms with Gasteiger partial charge in [-0.3, -0.25) is 0 Å². The lowest BCUT2D eigenvalue weighted by molar-refractivity contribution is 0.288. The van der Waals surface area contributed by atoms with Crippen LogP contribution >= 0.6 is 0 Å². The van der Waals surface area contributed by atoms with Gasteiger partial charge in [-0.2, -0.15) is 0 Å². The van der Waals surface area contributed by atoms with Crippen LogP contribution in [0.25, 0.3) is 0 Å². The molecule has 2 aromatic carbocycles. The third-order valence-electron chi connectivity index (χ3n) is 2.93. The Bertz CT molecular complexity index is 596. The Morgan fingerprint density at radius 1 is 0.900 bits per heavy atom. The van der Waals surface area contributed by atoms with Crippen LogP contribution in [0.15, 0.2) is 36.4 Å². The van der Waals surface area contributed by atoms with E-state index in [2.05, 4.69) is 0 Å². The fourth-order valence-electron chi connectivity index (χ4n) is 1.85. The molecule has 0 heterocycles. The van der Waals surface area contributed by atoms with E-state index in [9.17, 15) is 4.39 Å². The lowest BCUT2D eigenvalue weighted by Gasteiger charge is -2.11. The van der Waals surface area contributed by atoms with Gasteiger partial charge in [-0.15, -0.1) is 0 Å². The van der Waals surface area contributed by atoms with E-state index < -0.39 is 0 Å². The average molecular weight is 276 g/mol. The summed E-state index contributed by atoms with van der Waals surface area (Å²) in [7, 11) is 3.15. The predicted octanol–water partition coefficient (Wildman–Crippen LogP) is 3.73. The van der Waals surface area contributed by atoms with Gasteiger partial charge in [-0.25, -0.2) is 4.39 Å². The van der Waals surface area contributed by atoms with E-state index in [-0.39, 0.29) is 18.2 Å². The average Bonchev–Trinajstić information content (AvgIpc) is 2.47. The molecule has 0 bridgehead atoms. The number of halogens is 1. The molecule has 0 aromatic heterocycles. The van der Waals surface area contributed by atoms with Crippen molar-refractivity contribution >= 4 is 0 Å². The summed E-state index contributed by atoms with van der Waals surface area (Å²) in [6.07, 6.45) is 0. The summed E-state index contributed by atoms with van der Waals surface area (Å²) in [6, 6.07) is 10.2. The van der Waals surface area contributed by atoms with E-state index in [0.29, 0.717) is 11.5 Å². The number of hydrogen-bond acceptors (Lipinski definition) is 3. The lowest BCUT2D eigenvalue weighted by Crippen LogP contribution is -1.99. The zero-order valence-corrected chi connectivity index (χ0v) is 11.8. The van der Waals surface area contributed by atoms with E-state index in [1.54, 1.807) is 32.4 Å². The van der Waals surface area contributed by atoms with Crippen molar-refractivity contribution in [2.24, 2.45) is 0 Å². The molecular formula is C16H17FO3. The topological polar surface area (TPSA) is 27.7 Å². The van der Waals surface area contributed by atoms with Gasteiger partial charge in [-0.1, -0.05) is 12.1 Å². The van der Waals surface area contributed by atoms with Crippen LogP contribution < -0.4 is 14.2 Å². The first-order valence-corrected chi connectivity index (χ1v) is 6.24. The van der Waals surface area contributed by atoms with Crippen LogP contribution in [0.5, 0.6) is 17.2 Å². The number of benzene rings is 2. The monoisotopic (exact) mass is 276 g/mol. The molecule has 0 aliphatic carbocycles. The van der Waals surface area contributed by atoms with Crippen molar-refractivity contribution in [1.29, 1.82) is 0 Å². The minimum Gasteiger partial charge on any atom is -0.493 e. The van der Waals surface area contributed by atoms with Crippen LogP contribution in [0, 0.1) is 12.7 Å². The maximum absolute atomic E-state index is 13.6. The molecule has 106 valence electrons. The van der Waals surface area contributed by atoms with Crippen LogP contribution in [0.2, 0.25) is 0 Å². The molecule has 0 aliphatic heterocycles. The Labute approximate surface area is 117 Å². The Hall–Kier alpha value is -2.23. The highest BCUT2D eigenvalue weighted by atomic mass is 19.1. The molecular weight excluding hydrogens is 259 g/mol. The van der Waals surface area contributed by atoms with Gasteiger partial charge in [0.1, 0.15) is 6.61 Å². The Kier molecular flexibility index (Phi) is 4.45. The molecule has 20 heavy (non-hydrogen) atoms. The largest absolute Gasteiger partial charge is 0.493 e. The molecule has 0 amide bonds. The fourth-order valence-corrected chi connectivity index (χ4v) is 1.85. The van der Waals surface area contributed by atoms with Crippen LogP contribution in [0.1, 0.15) is 11.1 Å². The maximum atomic E-state index is 13.6. The van der Waals surface area contributed by atoms with Crippen LogP contribution in [0.3, 0.4) is 0 Å². The first-order valence-electron chi connectivity index (χ1n) is 6.24. The van der Waals surface area contributed by atoms with Gasteiger partial charge in [0.15, 0.2) is 23.1 Å². The van der Waals surface area contributed by atoms with Crippen molar-refractivity contribution in [2.45, 2.75) is 13.5 Å². The van der Waals surface area contributed by atoms with E-state index in [1.807, 2.05) is 19.1 Å².